The second-order valence-electron chi connectivity index (χ2n) is 3.77. The van der Waals surface area contributed by atoms with Crippen molar-refractivity contribution in [1.29, 1.82) is 0 Å². The Hall–Kier alpha value is -0.690. The zero-order chi connectivity index (χ0) is 12.2. The fourth-order valence-electron chi connectivity index (χ4n) is 1.33. The molecule has 4 nitrogen and oxygen atoms in total. The molecule has 0 heterocycles. The van der Waals surface area contributed by atoms with Crippen LogP contribution in [0.15, 0.2) is 24.3 Å². The first-order valence-corrected chi connectivity index (χ1v) is 7.64. The van der Waals surface area contributed by atoms with E-state index in [1.165, 1.54) is 6.66 Å². The molecule has 1 aromatic carbocycles. The summed E-state index contributed by atoms with van der Waals surface area (Å²) in [5, 5.41) is 2.89. The Morgan fingerprint density at radius 3 is 2.44 bits per heavy atom. The van der Waals surface area contributed by atoms with E-state index >= 15 is 0 Å². The lowest BCUT2D eigenvalue weighted by atomic mass is 10.1. The van der Waals surface area contributed by atoms with Crippen molar-refractivity contribution in [3.05, 3.63) is 29.8 Å². The Balaban J connectivity index is 2.60. The van der Waals surface area contributed by atoms with Gasteiger partial charge < -0.3 is 9.98 Å². The summed E-state index contributed by atoms with van der Waals surface area (Å²) >= 11 is 0. The zero-order valence-corrected chi connectivity index (χ0v) is 11.1. The van der Waals surface area contributed by atoms with Crippen LogP contribution in [-0.4, -0.2) is 23.5 Å². The van der Waals surface area contributed by atoms with Crippen LogP contribution in [0, 0.1) is 0 Å². The molecule has 16 heavy (non-hydrogen) atoms. The molecular weight excluding hydrogens is 244 g/mol. The van der Waals surface area contributed by atoms with Crippen LogP contribution < -0.4 is 5.09 Å². The smallest absolute Gasteiger partial charge is 0.204 e. The Morgan fingerprint density at radius 2 is 2.00 bits per heavy atom. The third kappa shape index (κ3) is 4.89. The molecule has 6 heteroatoms. The molecule has 0 spiro atoms. The number of hydrogen-bond donors (Lipinski definition) is 2. The molecule has 0 saturated heterocycles. The number of anilines is 1. The molecular formula is C10H15NO3P2. The highest BCUT2D eigenvalue weighted by molar-refractivity contribution is 7.58. The maximum atomic E-state index is 11.4. The van der Waals surface area contributed by atoms with Gasteiger partial charge in [0, 0.05) is 18.8 Å². The summed E-state index contributed by atoms with van der Waals surface area (Å²) in [5.74, 6) is -0.208. The van der Waals surface area contributed by atoms with Crippen molar-refractivity contribution in [2.75, 3.05) is 17.9 Å². The van der Waals surface area contributed by atoms with E-state index in [1.54, 1.807) is 0 Å². The zero-order valence-electron chi connectivity index (χ0n) is 9.01. The van der Waals surface area contributed by atoms with E-state index in [1.807, 2.05) is 24.3 Å². The number of nitrogens with one attached hydrogen (secondary N) is 1. The Kier molecular flexibility index (Phi) is 4.67. The lowest BCUT2D eigenvalue weighted by molar-refractivity contribution is -0.116. The number of carbonyl (C=O) groups is 1. The monoisotopic (exact) mass is 259 g/mol. The molecule has 0 aliphatic carbocycles. The van der Waals surface area contributed by atoms with E-state index < -0.39 is 7.37 Å². The minimum absolute atomic E-state index is 0.204. The third-order valence-corrected chi connectivity index (χ3v) is 3.26. The van der Waals surface area contributed by atoms with Gasteiger partial charge >= 0.3 is 0 Å². The average Bonchev–Trinajstić information content (AvgIpc) is 2.16. The summed E-state index contributed by atoms with van der Waals surface area (Å²) in [6, 6.07) is 7.34. The van der Waals surface area contributed by atoms with Crippen LogP contribution >= 0.6 is 16.8 Å². The number of ketones is 1. The van der Waals surface area contributed by atoms with E-state index in [2.05, 4.69) is 14.5 Å². The fraction of sp³-hybridized carbons (Fsp3) is 0.300. The molecule has 2 N–H and O–H groups in total. The average molecular weight is 259 g/mol. The van der Waals surface area contributed by atoms with Crippen LogP contribution in [0.4, 0.5) is 5.69 Å². The largest absolute Gasteiger partial charge is 0.369 e. The molecule has 88 valence electrons. The number of rotatable bonds is 5. The highest BCUT2D eigenvalue weighted by Gasteiger charge is 2.16. The van der Waals surface area contributed by atoms with Gasteiger partial charge in [0.1, 0.15) is 5.78 Å². The summed E-state index contributed by atoms with van der Waals surface area (Å²) in [6.45, 7) is 1.20. The quantitative estimate of drug-likeness (QED) is 0.792. The highest BCUT2D eigenvalue weighted by atomic mass is 31.2. The molecule has 0 aliphatic rings. The second-order valence-corrected chi connectivity index (χ2v) is 6.47. The van der Waals surface area contributed by atoms with Crippen molar-refractivity contribution in [2.45, 2.75) is 6.42 Å². The van der Waals surface area contributed by atoms with Crippen molar-refractivity contribution in [1.82, 2.24) is 0 Å². The van der Waals surface area contributed by atoms with Gasteiger partial charge in [-0.05, 0) is 27.1 Å². The molecule has 0 amide bonds. The Morgan fingerprint density at radius 1 is 1.44 bits per heavy atom. The number of hydrogen-bond acceptors (Lipinski definition) is 3. The Labute approximate surface area is 97.2 Å². The fourth-order valence-corrected chi connectivity index (χ4v) is 2.29. The summed E-state index contributed by atoms with van der Waals surface area (Å²) in [6.07, 6.45) is -0.0494. The minimum Gasteiger partial charge on any atom is -0.369 e. The van der Waals surface area contributed by atoms with Crippen LogP contribution in [0.5, 0.6) is 0 Å². The van der Waals surface area contributed by atoms with Gasteiger partial charge in [-0.2, -0.15) is 0 Å². The first kappa shape index (κ1) is 13.4. The van der Waals surface area contributed by atoms with Gasteiger partial charge in [0.15, 0.2) is 0 Å². The third-order valence-electron chi connectivity index (χ3n) is 1.99. The maximum Gasteiger partial charge on any atom is 0.204 e. The first-order valence-electron chi connectivity index (χ1n) is 4.77. The van der Waals surface area contributed by atoms with Gasteiger partial charge in [0.2, 0.25) is 7.37 Å². The lowest BCUT2D eigenvalue weighted by Crippen LogP contribution is -2.08. The van der Waals surface area contributed by atoms with Crippen LogP contribution in [-0.2, 0) is 15.8 Å². The second kappa shape index (κ2) is 5.58. The van der Waals surface area contributed by atoms with E-state index in [9.17, 15) is 9.36 Å². The summed E-state index contributed by atoms with van der Waals surface area (Å²) in [4.78, 5) is 20.5. The van der Waals surface area contributed by atoms with Crippen molar-refractivity contribution >= 4 is 28.2 Å². The summed E-state index contributed by atoms with van der Waals surface area (Å²) in [5.41, 5.74) is 1.78. The highest BCUT2D eigenvalue weighted by Crippen LogP contribution is 2.34. The molecule has 0 fully saturated rings. The topological polar surface area (TPSA) is 66.4 Å². The Bertz CT molecular complexity index is 411. The predicted molar refractivity (Wildman–Crippen MR) is 69.1 cm³/mol. The van der Waals surface area contributed by atoms with E-state index in [0.29, 0.717) is 0 Å². The number of benzene rings is 1. The van der Waals surface area contributed by atoms with Gasteiger partial charge in [0.25, 0.3) is 0 Å². The van der Waals surface area contributed by atoms with Crippen LogP contribution in [0.25, 0.3) is 0 Å². The maximum absolute atomic E-state index is 11.4. The van der Waals surface area contributed by atoms with Crippen LogP contribution in [0.3, 0.4) is 0 Å². The standard InChI is InChI=1S/C10H15NO3P2/c1-16(13,14)7-10(12)6-8-2-4-9(11-15)5-3-8/h2-5,11H,6-7,15H2,1H3,(H,13,14). The lowest BCUT2D eigenvalue weighted by Gasteiger charge is -2.05. The predicted octanol–water partition coefficient (Wildman–Crippen LogP) is 1.90. The van der Waals surface area contributed by atoms with Crippen LogP contribution in [0.2, 0.25) is 0 Å². The molecule has 0 aromatic heterocycles. The van der Waals surface area contributed by atoms with Gasteiger partial charge in [-0.25, -0.2) is 0 Å². The van der Waals surface area contributed by atoms with E-state index in [-0.39, 0.29) is 18.4 Å². The summed E-state index contributed by atoms with van der Waals surface area (Å²) in [7, 11) is -0.857. The van der Waals surface area contributed by atoms with Crippen molar-refractivity contribution < 1.29 is 14.3 Å². The molecule has 1 rings (SSSR count). The van der Waals surface area contributed by atoms with E-state index in [4.69, 9.17) is 4.89 Å². The molecule has 0 aliphatic heterocycles. The molecule has 2 atom stereocenters. The number of Topliss-reactive ketones (excluding diaryl/α,β-unsaturated/α-hetero) is 1. The van der Waals surface area contributed by atoms with Crippen LogP contribution in [0.1, 0.15) is 5.56 Å². The summed E-state index contributed by atoms with van der Waals surface area (Å²) < 4.78 is 11.0. The molecule has 0 saturated carbocycles. The molecule has 0 bridgehead atoms. The number of carbonyl (C=O) groups excluding carboxylic acids is 1. The van der Waals surface area contributed by atoms with Crippen molar-refractivity contribution in [3.63, 3.8) is 0 Å². The van der Waals surface area contributed by atoms with Crippen molar-refractivity contribution in [3.8, 4) is 0 Å². The molecule has 0 radical (unpaired) electrons. The van der Waals surface area contributed by atoms with Gasteiger partial charge in [-0.3, -0.25) is 9.36 Å². The normalized spacial score (nSPS) is 14.2. The van der Waals surface area contributed by atoms with E-state index in [0.717, 1.165) is 11.3 Å². The SMILES string of the molecule is CP(=O)(O)CC(=O)Cc1ccc(NP)cc1. The van der Waals surface area contributed by atoms with Gasteiger partial charge in [-0.1, -0.05) is 12.1 Å². The minimum atomic E-state index is -3.24. The van der Waals surface area contributed by atoms with Crippen molar-refractivity contribution in [2.24, 2.45) is 0 Å². The first-order chi connectivity index (χ1) is 7.40. The molecule has 2 unspecified atom stereocenters. The van der Waals surface area contributed by atoms with Gasteiger partial charge in [-0.15, -0.1) is 0 Å². The van der Waals surface area contributed by atoms with Gasteiger partial charge in [0.05, 0.1) is 6.16 Å². The molecule has 1 aromatic rings.